The highest BCUT2D eigenvalue weighted by Crippen LogP contribution is 2.54. The van der Waals surface area contributed by atoms with E-state index in [1.807, 2.05) is 0 Å². The molecule has 2 aliphatic rings. The number of rotatable bonds is 1. The normalized spacial score (nSPS) is 33.2. The van der Waals surface area contributed by atoms with Gasteiger partial charge in [-0.05, 0) is 31.1 Å². The summed E-state index contributed by atoms with van der Waals surface area (Å²) in [7, 11) is 1.46. The van der Waals surface area contributed by atoms with Gasteiger partial charge in [-0.3, -0.25) is 0 Å². The first kappa shape index (κ1) is 8.36. The number of aromatic amines is 2. The molecule has 1 heterocycles. The Hall–Kier alpha value is 0.0400. The van der Waals surface area contributed by atoms with Crippen molar-refractivity contribution in [1.29, 1.82) is 0 Å². The van der Waals surface area contributed by atoms with E-state index in [1.165, 1.54) is 19.3 Å². The summed E-state index contributed by atoms with van der Waals surface area (Å²) in [5.41, 5.74) is 0. The van der Waals surface area contributed by atoms with Crippen molar-refractivity contribution in [3.63, 3.8) is 0 Å². The van der Waals surface area contributed by atoms with Crippen LogP contribution >= 0.6 is 24.9 Å². The Morgan fingerprint density at radius 1 is 1.62 bits per heavy atom. The molecule has 1 fully saturated rings. The van der Waals surface area contributed by atoms with Gasteiger partial charge in [0.15, 0.2) is 0 Å². The number of nitrogens with zero attached hydrogens (tertiary/aromatic N) is 1. The maximum Gasteiger partial charge on any atom is 0.139 e. The minimum absolute atomic E-state index is 0.314. The summed E-state index contributed by atoms with van der Waals surface area (Å²) in [5, 5.41) is 1.65. The van der Waals surface area contributed by atoms with Gasteiger partial charge in [-0.2, -0.15) is 4.51 Å². The predicted octanol–water partition coefficient (Wildman–Crippen LogP) is 3.73. The van der Waals surface area contributed by atoms with E-state index in [9.17, 15) is 0 Å². The van der Waals surface area contributed by atoms with Gasteiger partial charge in [-0.1, -0.05) is 6.08 Å². The zero-order chi connectivity index (χ0) is 8.67. The quantitative estimate of drug-likeness (QED) is 0.759. The molecular weight excluding hydrogens is 219 g/mol. The van der Waals surface area contributed by atoms with Crippen molar-refractivity contribution in [2.24, 2.45) is 11.8 Å². The van der Waals surface area contributed by atoms with Crippen molar-refractivity contribution in [3.05, 3.63) is 6.08 Å². The molecule has 0 radical (unpaired) electrons. The van der Waals surface area contributed by atoms with Crippen molar-refractivity contribution >= 4 is 30.2 Å². The second-order valence-electron chi connectivity index (χ2n) is 3.71. The van der Waals surface area contributed by atoms with Crippen LogP contribution in [0.3, 0.4) is 0 Å². The predicted molar refractivity (Wildman–Crippen MR) is 60.4 cm³/mol. The number of aromatic nitrogens is 3. The first-order chi connectivity index (χ1) is 6.43. The van der Waals surface area contributed by atoms with Crippen LogP contribution in [0.15, 0.2) is 6.08 Å². The Labute approximate surface area is 81.4 Å². The highest BCUT2D eigenvalue weighted by atomic mass is 31.2. The summed E-state index contributed by atoms with van der Waals surface area (Å²) in [6, 6.07) is 0. The largest absolute Gasteiger partial charge is 0.307 e. The van der Waals surface area contributed by atoms with Crippen molar-refractivity contribution in [2.45, 2.75) is 19.3 Å². The summed E-state index contributed by atoms with van der Waals surface area (Å²) < 4.78 is 11.3. The van der Waals surface area contributed by atoms with E-state index >= 15 is 0 Å². The van der Waals surface area contributed by atoms with Gasteiger partial charge in [0.05, 0.1) is 7.85 Å². The molecule has 0 spiro atoms. The first-order valence-electron chi connectivity index (χ1n) is 4.61. The number of allylic oxidation sites excluding steroid dienone is 2. The third-order valence-corrected chi connectivity index (χ3v) is 7.16. The molecule has 0 aliphatic heterocycles. The molecule has 1 saturated carbocycles. The van der Waals surface area contributed by atoms with Gasteiger partial charge in [-0.15, -0.1) is 0 Å². The van der Waals surface area contributed by atoms with E-state index in [-0.39, 0.29) is 7.85 Å². The molecule has 3 rings (SSSR count). The fourth-order valence-corrected chi connectivity index (χ4v) is 7.02. The average Bonchev–Trinajstić information content (AvgIpc) is 2.80. The lowest BCUT2D eigenvalue weighted by molar-refractivity contribution is 0.695. The number of H-pyrrole nitrogens is 2. The summed E-state index contributed by atoms with van der Waals surface area (Å²) >= 11 is 0. The van der Waals surface area contributed by atoms with Crippen LogP contribution in [0, 0.1) is 11.8 Å². The second kappa shape index (κ2) is 3.31. The first-order valence-corrected chi connectivity index (χ1v) is 7.76. The lowest BCUT2D eigenvalue weighted by Gasteiger charge is -2.11. The molecule has 1 aromatic heterocycles. The van der Waals surface area contributed by atoms with Gasteiger partial charge in [0.25, 0.3) is 0 Å². The molecule has 2 N–H and O–H groups in total. The van der Waals surface area contributed by atoms with Crippen LogP contribution < -0.4 is 0 Å². The van der Waals surface area contributed by atoms with Crippen LogP contribution in [0.5, 0.6) is 0 Å². The Bertz CT molecular complexity index is 353. The third-order valence-electron chi connectivity index (χ3n) is 2.94. The van der Waals surface area contributed by atoms with E-state index in [0.717, 1.165) is 20.3 Å². The van der Waals surface area contributed by atoms with E-state index in [0.29, 0.717) is 8.51 Å². The van der Waals surface area contributed by atoms with E-state index in [4.69, 9.17) is 0 Å². The third kappa shape index (κ3) is 1.44. The SMILES string of the molecule is C1=C(p2np[nH][pH][nH]2)C2CCC1C2. The Morgan fingerprint density at radius 3 is 3.23 bits per heavy atom. The Kier molecular flexibility index (Phi) is 2.13. The fourth-order valence-electron chi connectivity index (χ4n) is 2.37. The zero-order valence-electron chi connectivity index (χ0n) is 7.20. The second-order valence-corrected chi connectivity index (χ2v) is 7.81. The van der Waals surface area contributed by atoms with Crippen LogP contribution in [0.1, 0.15) is 19.3 Å². The highest BCUT2D eigenvalue weighted by Gasteiger charge is 2.33. The molecule has 4 unspecified atom stereocenters. The maximum atomic E-state index is 4.58. The molecule has 3 nitrogen and oxygen atoms in total. The monoisotopic (exact) mass is 231 g/mol. The molecule has 0 saturated heterocycles. The molecule has 6 heteroatoms. The summed E-state index contributed by atoms with van der Waals surface area (Å²) in [4.78, 5) is 0. The van der Waals surface area contributed by atoms with E-state index in [2.05, 4.69) is 19.6 Å². The molecule has 0 aromatic carbocycles. The molecular formula is C7H12N3P3. The average molecular weight is 231 g/mol. The van der Waals surface area contributed by atoms with Gasteiger partial charge < -0.3 is 9.02 Å². The molecule has 2 aliphatic carbocycles. The van der Waals surface area contributed by atoms with Gasteiger partial charge in [0, 0.05) is 13.8 Å². The van der Waals surface area contributed by atoms with Crippen molar-refractivity contribution in [3.8, 4) is 0 Å². The van der Waals surface area contributed by atoms with Gasteiger partial charge in [-0.25, -0.2) is 0 Å². The van der Waals surface area contributed by atoms with Crippen LogP contribution in [0.2, 0.25) is 0 Å². The molecule has 70 valence electrons. The maximum absolute atomic E-state index is 4.58. The summed E-state index contributed by atoms with van der Waals surface area (Å²) in [6.07, 6.45) is 6.76. The van der Waals surface area contributed by atoms with Gasteiger partial charge in [0.1, 0.15) is 8.51 Å². The number of hydrogen-bond donors (Lipinski definition) is 2. The molecule has 1 aromatic rings. The Balaban J connectivity index is 1.99. The number of nitrogens with one attached hydrogen (secondary N) is 2. The lowest BCUT2D eigenvalue weighted by Crippen LogP contribution is -1.91. The molecule has 2 bridgehead atoms. The van der Waals surface area contributed by atoms with Crippen LogP contribution in [0.4, 0.5) is 0 Å². The molecule has 0 amide bonds. The van der Waals surface area contributed by atoms with Crippen molar-refractivity contribution in [1.82, 2.24) is 13.5 Å². The highest BCUT2D eigenvalue weighted by molar-refractivity contribution is 7.61. The lowest BCUT2D eigenvalue weighted by atomic mass is 10.1. The van der Waals surface area contributed by atoms with Crippen LogP contribution in [0.25, 0.3) is 5.31 Å². The fraction of sp³-hybridized carbons (Fsp3) is 0.714. The van der Waals surface area contributed by atoms with E-state index in [1.54, 1.807) is 5.31 Å². The number of hydrogen-bond acceptors (Lipinski definition) is 1. The molecule has 13 heavy (non-hydrogen) atoms. The molecule has 4 atom stereocenters. The summed E-state index contributed by atoms with van der Waals surface area (Å²) in [5.74, 6) is 1.78. The van der Waals surface area contributed by atoms with Crippen molar-refractivity contribution in [2.75, 3.05) is 0 Å². The van der Waals surface area contributed by atoms with Gasteiger partial charge in [0.2, 0.25) is 0 Å². The topological polar surface area (TPSA) is 44.5 Å². The van der Waals surface area contributed by atoms with Crippen molar-refractivity contribution < 1.29 is 0 Å². The van der Waals surface area contributed by atoms with E-state index < -0.39 is 0 Å². The van der Waals surface area contributed by atoms with Gasteiger partial charge >= 0.3 is 0 Å². The summed E-state index contributed by atoms with van der Waals surface area (Å²) in [6.45, 7) is 0. The smallest absolute Gasteiger partial charge is 0.139 e. The minimum Gasteiger partial charge on any atom is -0.307 e. The van der Waals surface area contributed by atoms with Crippen LogP contribution in [-0.2, 0) is 0 Å². The van der Waals surface area contributed by atoms with Crippen LogP contribution in [-0.4, -0.2) is 13.5 Å². The zero-order valence-corrected chi connectivity index (χ0v) is 9.98. The Morgan fingerprint density at radius 2 is 2.62 bits per heavy atom. The number of fused-ring (bicyclic) bond motifs is 2. The minimum atomic E-state index is -0.314. The standard InChI is InChI=1S/C7H12N3P3/c1-2-6-3-5(1)4-7(6)13-9-11-8-12-10-13/h4-6,9,11H,1-3H2,(H,8,10).